The smallest absolute Gasteiger partial charge is 0.251 e. The van der Waals surface area contributed by atoms with E-state index in [1.807, 2.05) is 0 Å². The van der Waals surface area contributed by atoms with E-state index in [0.29, 0.717) is 17.1 Å². The summed E-state index contributed by atoms with van der Waals surface area (Å²) in [4.78, 5) is 14.7. The highest BCUT2D eigenvalue weighted by atomic mass is 32.1. The number of thiocarbonyl (C=S) groups is 1. The molecular formula is C15H21N3OS. The second-order valence-corrected chi connectivity index (χ2v) is 5.50. The van der Waals surface area contributed by atoms with Gasteiger partial charge in [0.2, 0.25) is 0 Å². The van der Waals surface area contributed by atoms with Crippen molar-refractivity contribution in [2.45, 2.75) is 25.8 Å². The van der Waals surface area contributed by atoms with Crippen molar-refractivity contribution in [1.29, 1.82) is 0 Å². The van der Waals surface area contributed by atoms with Crippen molar-refractivity contribution in [1.82, 2.24) is 10.2 Å². The molecule has 4 nitrogen and oxygen atoms in total. The number of amides is 1. The first-order valence-electron chi connectivity index (χ1n) is 7.04. The highest BCUT2D eigenvalue weighted by molar-refractivity contribution is 7.80. The normalized spacial score (nSPS) is 14.3. The molecule has 0 saturated heterocycles. The van der Waals surface area contributed by atoms with E-state index >= 15 is 0 Å². The van der Waals surface area contributed by atoms with Gasteiger partial charge in [0.25, 0.3) is 5.91 Å². The van der Waals surface area contributed by atoms with Crippen LogP contribution in [0.25, 0.3) is 0 Å². The minimum absolute atomic E-state index is 0.0497. The fraction of sp³-hybridized carbons (Fsp3) is 0.467. The van der Waals surface area contributed by atoms with Crippen molar-refractivity contribution < 1.29 is 4.79 Å². The molecule has 108 valence electrons. The van der Waals surface area contributed by atoms with Crippen LogP contribution in [0.5, 0.6) is 0 Å². The second kappa shape index (κ2) is 6.81. The Morgan fingerprint density at radius 2 is 1.95 bits per heavy atom. The van der Waals surface area contributed by atoms with E-state index in [9.17, 15) is 4.79 Å². The number of rotatable bonds is 7. The number of nitrogens with one attached hydrogen (secondary N) is 1. The maximum Gasteiger partial charge on any atom is 0.251 e. The Hall–Kier alpha value is -1.46. The van der Waals surface area contributed by atoms with E-state index < -0.39 is 0 Å². The summed E-state index contributed by atoms with van der Waals surface area (Å²) in [5, 5.41) is 2.95. The van der Waals surface area contributed by atoms with Gasteiger partial charge in [-0.25, -0.2) is 0 Å². The van der Waals surface area contributed by atoms with Crippen LogP contribution in [-0.2, 0) is 0 Å². The third-order valence-corrected chi connectivity index (χ3v) is 3.82. The maximum atomic E-state index is 12.0. The number of hydrogen-bond acceptors (Lipinski definition) is 3. The Bertz CT molecular complexity index is 482. The Morgan fingerprint density at radius 3 is 2.45 bits per heavy atom. The largest absolute Gasteiger partial charge is 0.389 e. The lowest BCUT2D eigenvalue weighted by Crippen LogP contribution is -2.36. The number of nitrogens with zero attached hydrogens (tertiary/aromatic N) is 1. The van der Waals surface area contributed by atoms with E-state index in [2.05, 4.69) is 17.1 Å². The Morgan fingerprint density at radius 1 is 1.35 bits per heavy atom. The van der Waals surface area contributed by atoms with Crippen LogP contribution in [0.3, 0.4) is 0 Å². The zero-order chi connectivity index (χ0) is 14.5. The molecule has 0 heterocycles. The number of hydrogen-bond donors (Lipinski definition) is 2. The Kier molecular flexibility index (Phi) is 5.09. The lowest BCUT2D eigenvalue weighted by Gasteiger charge is -2.19. The first-order chi connectivity index (χ1) is 9.61. The molecule has 1 amide bonds. The van der Waals surface area contributed by atoms with E-state index in [4.69, 9.17) is 18.0 Å². The number of likely N-dealkylation sites (N-methyl/N-ethyl adjacent to an activating group) is 1. The molecule has 20 heavy (non-hydrogen) atoms. The van der Waals surface area contributed by atoms with Crippen molar-refractivity contribution in [2.75, 3.05) is 19.6 Å². The molecule has 0 aromatic heterocycles. The summed E-state index contributed by atoms with van der Waals surface area (Å²) in [7, 11) is 0. The minimum atomic E-state index is -0.0497. The van der Waals surface area contributed by atoms with Crippen molar-refractivity contribution in [3.8, 4) is 0 Å². The van der Waals surface area contributed by atoms with E-state index in [-0.39, 0.29) is 5.91 Å². The van der Waals surface area contributed by atoms with E-state index in [1.54, 1.807) is 24.3 Å². The lowest BCUT2D eigenvalue weighted by atomic mass is 10.1. The van der Waals surface area contributed by atoms with Crippen LogP contribution >= 0.6 is 12.2 Å². The fourth-order valence-corrected chi connectivity index (χ4v) is 2.38. The molecule has 1 aromatic rings. The summed E-state index contributed by atoms with van der Waals surface area (Å²) >= 11 is 4.88. The van der Waals surface area contributed by atoms with Crippen molar-refractivity contribution >= 4 is 23.1 Å². The molecule has 3 N–H and O–H groups in total. The first kappa shape index (κ1) is 14.9. The highest BCUT2D eigenvalue weighted by Gasteiger charge is 2.27. The number of carbonyl (C=O) groups is 1. The van der Waals surface area contributed by atoms with Gasteiger partial charge < -0.3 is 11.1 Å². The van der Waals surface area contributed by atoms with E-state index in [0.717, 1.165) is 24.7 Å². The molecule has 1 aliphatic carbocycles. The summed E-state index contributed by atoms with van der Waals surface area (Å²) in [6.07, 6.45) is 2.59. The molecule has 2 rings (SSSR count). The quantitative estimate of drug-likeness (QED) is 0.748. The lowest BCUT2D eigenvalue weighted by molar-refractivity contribution is 0.0948. The Labute approximate surface area is 125 Å². The summed E-state index contributed by atoms with van der Waals surface area (Å²) in [5.74, 6) is -0.0497. The van der Waals surface area contributed by atoms with Crippen LogP contribution in [0.1, 0.15) is 35.7 Å². The molecule has 0 aliphatic heterocycles. The maximum absolute atomic E-state index is 12.0. The SMILES string of the molecule is CCN(CCNC(=O)c1ccc(C(N)=S)cc1)C1CC1. The predicted octanol–water partition coefficient (Wildman–Crippen LogP) is 1.53. The topological polar surface area (TPSA) is 58.4 Å². The molecule has 0 spiro atoms. The van der Waals surface area contributed by atoms with Crippen LogP contribution in [0.15, 0.2) is 24.3 Å². The van der Waals surface area contributed by atoms with Crippen molar-refractivity contribution in [3.05, 3.63) is 35.4 Å². The molecular weight excluding hydrogens is 270 g/mol. The molecule has 1 fully saturated rings. The third-order valence-electron chi connectivity index (χ3n) is 3.59. The van der Waals surface area contributed by atoms with Gasteiger partial charge >= 0.3 is 0 Å². The van der Waals surface area contributed by atoms with Crippen LogP contribution in [-0.4, -0.2) is 41.5 Å². The molecule has 0 unspecified atom stereocenters. The van der Waals surface area contributed by atoms with Crippen LogP contribution in [0, 0.1) is 0 Å². The standard InChI is InChI=1S/C15H21N3OS/c1-2-18(13-7-8-13)10-9-17-15(19)12-5-3-11(4-6-12)14(16)20/h3-6,13H,2,7-10H2,1H3,(H2,16,20)(H,17,19). The summed E-state index contributed by atoms with van der Waals surface area (Å²) in [6, 6.07) is 7.80. The number of nitrogens with two attached hydrogens (primary N) is 1. The van der Waals surface area contributed by atoms with Gasteiger partial charge in [0, 0.05) is 30.3 Å². The second-order valence-electron chi connectivity index (χ2n) is 5.06. The summed E-state index contributed by atoms with van der Waals surface area (Å²) in [5.41, 5.74) is 6.95. The van der Waals surface area contributed by atoms with Gasteiger partial charge in [-0.2, -0.15) is 0 Å². The van der Waals surface area contributed by atoms with Crippen LogP contribution in [0.4, 0.5) is 0 Å². The molecule has 0 bridgehead atoms. The van der Waals surface area contributed by atoms with Gasteiger partial charge in [0.1, 0.15) is 4.99 Å². The highest BCUT2D eigenvalue weighted by Crippen LogP contribution is 2.25. The summed E-state index contributed by atoms with van der Waals surface area (Å²) in [6.45, 7) is 4.80. The minimum Gasteiger partial charge on any atom is -0.389 e. The summed E-state index contributed by atoms with van der Waals surface area (Å²) < 4.78 is 0. The van der Waals surface area contributed by atoms with Gasteiger partial charge in [0.15, 0.2) is 0 Å². The monoisotopic (exact) mass is 291 g/mol. The van der Waals surface area contributed by atoms with Gasteiger partial charge in [-0.1, -0.05) is 31.3 Å². The van der Waals surface area contributed by atoms with E-state index in [1.165, 1.54) is 12.8 Å². The zero-order valence-electron chi connectivity index (χ0n) is 11.8. The average molecular weight is 291 g/mol. The van der Waals surface area contributed by atoms with Gasteiger partial charge in [0.05, 0.1) is 0 Å². The van der Waals surface area contributed by atoms with Crippen LogP contribution in [0.2, 0.25) is 0 Å². The average Bonchev–Trinajstić information content (AvgIpc) is 3.28. The molecule has 1 aliphatic rings. The molecule has 0 atom stereocenters. The zero-order valence-corrected chi connectivity index (χ0v) is 12.6. The van der Waals surface area contributed by atoms with Crippen molar-refractivity contribution in [3.63, 3.8) is 0 Å². The van der Waals surface area contributed by atoms with Crippen LogP contribution < -0.4 is 11.1 Å². The molecule has 5 heteroatoms. The fourth-order valence-electron chi connectivity index (χ4n) is 2.24. The predicted molar refractivity (Wildman–Crippen MR) is 84.9 cm³/mol. The van der Waals surface area contributed by atoms with Gasteiger partial charge in [-0.15, -0.1) is 0 Å². The van der Waals surface area contributed by atoms with Gasteiger partial charge in [-0.05, 0) is 31.5 Å². The number of carbonyl (C=O) groups excluding carboxylic acids is 1. The Balaban J connectivity index is 1.80. The van der Waals surface area contributed by atoms with Crippen molar-refractivity contribution in [2.24, 2.45) is 5.73 Å². The molecule has 1 saturated carbocycles. The molecule has 1 aromatic carbocycles. The van der Waals surface area contributed by atoms with Gasteiger partial charge in [-0.3, -0.25) is 9.69 Å². The first-order valence-corrected chi connectivity index (χ1v) is 7.44. The number of benzene rings is 1. The third kappa shape index (κ3) is 4.02. The molecule has 0 radical (unpaired) electrons.